The van der Waals surface area contributed by atoms with Crippen molar-refractivity contribution in [3.63, 3.8) is 0 Å². The van der Waals surface area contributed by atoms with Crippen LogP contribution in [0.5, 0.6) is 5.75 Å². The number of nitrogens with zero attached hydrogens (tertiary/aromatic N) is 1. The molecule has 0 radical (unpaired) electrons. The third-order valence-corrected chi connectivity index (χ3v) is 4.21. The number of rotatable bonds is 5. The van der Waals surface area contributed by atoms with Crippen molar-refractivity contribution in [2.75, 3.05) is 25.1 Å². The normalized spacial score (nSPS) is 13.3. The summed E-state index contributed by atoms with van der Waals surface area (Å²) in [6.07, 6.45) is 2.19. The summed E-state index contributed by atoms with van der Waals surface area (Å²) in [5.41, 5.74) is 3.50. The lowest BCUT2D eigenvalue weighted by molar-refractivity contribution is -0.119. The monoisotopic (exact) mass is 310 g/mol. The molecule has 0 bridgehead atoms. The second kappa shape index (κ2) is 7.18. The van der Waals surface area contributed by atoms with Crippen LogP contribution in [0.3, 0.4) is 0 Å². The highest BCUT2D eigenvalue weighted by atomic mass is 16.5. The fourth-order valence-electron chi connectivity index (χ4n) is 3.05. The van der Waals surface area contributed by atoms with Crippen LogP contribution in [0, 0.1) is 0 Å². The van der Waals surface area contributed by atoms with Crippen LogP contribution in [0.2, 0.25) is 0 Å². The summed E-state index contributed by atoms with van der Waals surface area (Å²) in [6, 6.07) is 16.1. The van der Waals surface area contributed by atoms with Crippen LogP contribution in [0.4, 0.5) is 5.69 Å². The molecule has 0 unspecified atom stereocenters. The summed E-state index contributed by atoms with van der Waals surface area (Å²) in [4.78, 5) is 14.5. The SMILES string of the molecule is COc1ccccc1CNC(=O)CN1CCCc2ccccc21. The fourth-order valence-corrected chi connectivity index (χ4v) is 3.05. The van der Waals surface area contributed by atoms with Crippen LogP contribution in [-0.2, 0) is 17.8 Å². The van der Waals surface area contributed by atoms with Gasteiger partial charge in [-0.25, -0.2) is 0 Å². The average Bonchev–Trinajstić information content (AvgIpc) is 2.60. The van der Waals surface area contributed by atoms with Crippen LogP contribution in [0.15, 0.2) is 48.5 Å². The van der Waals surface area contributed by atoms with E-state index in [2.05, 4.69) is 28.4 Å². The molecule has 0 aliphatic carbocycles. The molecular formula is C19H22N2O2. The van der Waals surface area contributed by atoms with E-state index in [0.717, 1.165) is 30.7 Å². The predicted molar refractivity (Wildman–Crippen MR) is 91.8 cm³/mol. The number of para-hydroxylation sites is 2. The zero-order chi connectivity index (χ0) is 16.1. The second-order valence-electron chi connectivity index (χ2n) is 5.74. The highest BCUT2D eigenvalue weighted by Gasteiger charge is 2.18. The Hall–Kier alpha value is -2.49. The van der Waals surface area contributed by atoms with E-state index in [1.807, 2.05) is 30.3 Å². The van der Waals surface area contributed by atoms with Crippen molar-refractivity contribution in [1.82, 2.24) is 5.32 Å². The van der Waals surface area contributed by atoms with Crippen molar-refractivity contribution in [1.29, 1.82) is 0 Å². The summed E-state index contributed by atoms with van der Waals surface area (Å²) in [5, 5.41) is 2.99. The lowest BCUT2D eigenvalue weighted by Crippen LogP contribution is -2.39. The van der Waals surface area contributed by atoms with E-state index in [1.165, 1.54) is 11.3 Å². The molecule has 2 aromatic carbocycles. The van der Waals surface area contributed by atoms with Crippen molar-refractivity contribution in [2.45, 2.75) is 19.4 Å². The van der Waals surface area contributed by atoms with Crippen molar-refractivity contribution in [2.24, 2.45) is 0 Å². The summed E-state index contributed by atoms with van der Waals surface area (Å²) in [5.74, 6) is 0.837. The molecule has 120 valence electrons. The van der Waals surface area contributed by atoms with Crippen molar-refractivity contribution in [3.05, 3.63) is 59.7 Å². The first-order valence-electron chi connectivity index (χ1n) is 7.99. The topological polar surface area (TPSA) is 41.6 Å². The summed E-state index contributed by atoms with van der Waals surface area (Å²) >= 11 is 0. The average molecular weight is 310 g/mol. The van der Waals surface area contributed by atoms with Gasteiger partial charge < -0.3 is 15.0 Å². The van der Waals surface area contributed by atoms with E-state index in [0.29, 0.717) is 13.1 Å². The zero-order valence-electron chi connectivity index (χ0n) is 13.4. The Morgan fingerprint density at radius 1 is 1.17 bits per heavy atom. The summed E-state index contributed by atoms with van der Waals surface area (Å²) < 4.78 is 5.31. The first-order valence-corrected chi connectivity index (χ1v) is 7.99. The highest BCUT2D eigenvalue weighted by Crippen LogP contribution is 2.26. The number of amides is 1. The quantitative estimate of drug-likeness (QED) is 0.923. The number of nitrogens with one attached hydrogen (secondary N) is 1. The molecule has 0 spiro atoms. The van der Waals surface area contributed by atoms with E-state index in [-0.39, 0.29) is 5.91 Å². The van der Waals surface area contributed by atoms with Crippen LogP contribution >= 0.6 is 0 Å². The lowest BCUT2D eigenvalue weighted by atomic mass is 10.0. The molecule has 1 heterocycles. The lowest BCUT2D eigenvalue weighted by Gasteiger charge is -2.30. The maximum absolute atomic E-state index is 12.3. The Balaban J connectivity index is 1.60. The number of hydrogen-bond donors (Lipinski definition) is 1. The van der Waals surface area contributed by atoms with Gasteiger partial charge in [-0.1, -0.05) is 36.4 Å². The molecule has 1 aliphatic heterocycles. The molecule has 1 amide bonds. The molecule has 0 saturated carbocycles. The maximum atomic E-state index is 12.3. The van der Waals surface area contributed by atoms with Crippen LogP contribution in [-0.4, -0.2) is 26.1 Å². The molecule has 1 N–H and O–H groups in total. The number of fused-ring (bicyclic) bond motifs is 1. The highest BCUT2D eigenvalue weighted by molar-refractivity contribution is 5.82. The number of benzene rings is 2. The summed E-state index contributed by atoms with van der Waals surface area (Å²) in [6.45, 7) is 1.81. The van der Waals surface area contributed by atoms with Gasteiger partial charge in [-0.2, -0.15) is 0 Å². The number of ether oxygens (including phenoxy) is 1. The fraction of sp³-hybridized carbons (Fsp3) is 0.316. The Labute approximate surface area is 137 Å². The number of aryl methyl sites for hydroxylation is 1. The largest absolute Gasteiger partial charge is 0.496 e. The Bertz CT molecular complexity index is 685. The molecule has 0 atom stereocenters. The minimum atomic E-state index is 0.0348. The molecule has 4 nitrogen and oxygen atoms in total. The molecule has 0 fully saturated rings. The van der Waals surface area contributed by atoms with Gasteiger partial charge in [0.05, 0.1) is 13.7 Å². The number of hydrogen-bond acceptors (Lipinski definition) is 3. The van der Waals surface area contributed by atoms with Gasteiger partial charge in [0.2, 0.25) is 5.91 Å². The minimum absolute atomic E-state index is 0.0348. The third kappa shape index (κ3) is 3.65. The standard InChI is InChI=1S/C19H22N2O2/c1-23-18-11-5-3-8-16(18)13-20-19(22)14-21-12-6-9-15-7-2-4-10-17(15)21/h2-5,7-8,10-11H,6,9,12-14H2,1H3,(H,20,22). The Morgan fingerprint density at radius 3 is 2.83 bits per heavy atom. The smallest absolute Gasteiger partial charge is 0.239 e. The second-order valence-corrected chi connectivity index (χ2v) is 5.74. The van der Waals surface area contributed by atoms with Gasteiger partial charge in [0.25, 0.3) is 0 Å². The van der Waals surface area contributed by atoms with E-state index >= 15 is 0 Å². The van der Waals surface area contributed by atoms with Crippen LogP contribution in [0.25, 0.3) is 0 Å². The van der Waals surface area contributed by atoms with Gasteiger partial charge in [-0.05, 0) is 30.5 Å². The van der Waals surface area contributed by atoms with E-state index in [9.17, 15) is 4.79 Å². The van der Waals surface area contributed by atoms with Gasteiger partial charge in [0.15, 0.2) is 0 Å². The van der Waals surface area contributed by atoms with Crippen molar-refractivity contribution < 1.29 is 9.53 Å². The van der Waals surface area contributed by atoms with E-state index < -0.39 is 0 Å². The van der Waals surface area contributed by atoms with Crippen molar-refractivity contribution in [3.8, 4) is 5.75 Å². The third-order valence-electron chi connectivity index (χ3n) is 4.21. The molecule has 0 saturated heterocycles. The molecular weight excluding hydrogens is 288 g/mol. The first-order chi connectivity index (χ1) is 11.3. The molecule has 23 heavy (non-hydrogen) atoms. The molecule has 2 aromatic rings. The van der Waals surface area contributed by atoms with E-state index in [1.54, 1.807) is 7.11 Å². The number of carbonyl (C=O) groups is 1. The minimum Gasteiger partial charge on any atom is -0.496 e. The molecule has 1 aliphatic rings. The molecule has 3 rings (SSSR count). The van der Waals surface area contributed by atoms with Crippen LogP contribution < -0.4 is 15.0 Å². The van der Waals surface area contributed by atoms with Gasteiger partial charge in [-0.3, -0.25) is 4.79 Å². The predicted octanol–water partition coefficient (Wildman–Crippen LogP) is 2.76. The number of carbonyl (C=O) groups excluding carboxylic acids is 1. The number of anilines is 1. The number of methoxy groups -OCH3 is 1. The first kappa shape index (κ1) is 15.4. The van der Waals surface area contributed by atoms with Gasteiger partial charge >= 0.3 is 0 Å². The Morgan fingerprint density at radius 2 is 1.96 bits per heavy atom. The Kier molecular flexibility index (Phi) is 4.81. The van der Waals surface area contributed by atoms with Gasteiger partial charge in [0.1, 0.15) is 5.75 Å². The molecule has 0 aromatic heterocycles. The summed E-state index contributed by atoms with van der Waals surface area (Å²) in [7, 11) is 1.64. The van der Waals surface area contributed by atoms with Gasteiger partial charge in [0, 0.05) is 24.3 Å². The van der Waals surface area contributed by atoms with E-state index in [4.69, 9.17) is 4.74 Å². The van der Waals surface area contributed by atoms with Crippen LogP contribution in [0.1, 0.15) is 17.5 Å². The zero-order valence-corrected chi connectivity index (χ0v) is 13.4. The van der Waals surface area contributed by atoms with Crippen molar-refractivity contribution >= 4 is 11.6 Å². The molecule has 4 heteroatoms. The maximum Gasteiger partial charge on any atom is 0.239 e. The van der Waals surface area contributed by atoms with Gasteiger partial charge in [-0.15, -0.1) is 0 Å².